The number of nitrogens with zero attached hydrogens (tertiary/aromatic N) is 6. The summed E-state index contributed by atoms with van der Waals surface area (Å²) in [6, 6.07) is 3.33. The highest BCUT2D eigenvalue weighted by atomic mass is 32.2. The van der Waals surface area contributed by atoms with Gasteiger partial charge in [-0.05, 0) is 43.9 Å². The number of amides is 1. The fourth-order valence-electron chi connectivity index (χ4n) is 3.80. The van der Waals surface area contributed by atoms with Gasteiger partial charge in [0, 0.05) is 18.4 Å². The van der Waals surface area contributed by atoms with E-state index in [1.54, 1.807) is 0 Å². The number of carbonyl (C=O) groups is 1. The quantitative estimate of drug-likeness (QED) is 0.426. The summed E-state index contributed by atoms with van der Waals surface area (Å²) in [5.41, 5.74) is -0.905. The lowest BCUT2D eigenvalue weighted by Crippen LogP contribution is -2.35. The zero-order valence-corrected chi connectivity index (χ0v) is 19.4. The van der Waals surface area contributed by atoms with Crippen LogP contribution in [0.3, 0.4) is 0 Å². The molecule has 0 spiro atoms. The Hall–Kier alpha value is -3.55. The Kier molecular flexibility index (Phi) is 5.30. The highest BCUT2D eigenvalue weighted by Gasteiger charge is 2.33. The van der Waals surface area contributed by atoms with Crippen molar-refractivity contribution in [1.82, 2.24) is 34.5 Å². The highest BCUT2D eigenvalue weighted by molar-refractivity contribution is 7.91. The number of fused-ring (bicyclic) bond motifs is 2. The number of alkyl halides is 3. The first kappa shape index (κ1) is 23.2. The molecule has 4 aromatic heterocycles. The van der Waals surface area contributed by atoms with Crippen molar-refractivity contribution in [1.29, 1.82) is 0 Å². The van der Waals surface area contributed by atoms with Gasteiger partial charge in [0.25, 0.3) is 5.91 Å². The molecular weight excluding hydrogens is 487 g/mol. The normalized spacial score (nSPS) is 15.6. The van der Waals surface area contributed by atoms with Crippen LogP contribution in [0.1, 0.15) is 42.7 Å². The van der Waals surface area contributed by atoms with Crippen LogP contribution in [0.2, 0.25) is 0 Å². The predicted octanol–water partition coefficient (Wildman–Crippen LogP) is 2.78. The molecule has 1 amide bonds. The van der Waals surface area contributed by atoms with Crippen molar-refractivity contribution < 1.29 is 26.4 Å². The molecule has 1 N–H and O–H groups in total. The second-order valence-corrected chi connectivity index (χ2v) is 10.6. The topological polar surface area (TPSA) is 124 Å². The monoisotopic (exact) mass is 507 g/mol. The van der Waals surface area contributed by atoms with E-state index in [1.165, 1.54) is 19.2 Å². The Morgan fingerprint density at radius 1 is 1.23 bits per heavy atom. The van der Waals surface area contributed by atoms with Crippen molar-refractivity contribution in [2.75, 3.05) is 5.75 Å². The number of carbonyl (C=O) groups excluding carboxylic acids is 1. The van der Waals surface area contributed by atoms with E-state index in [0.29, 0.717) is 5.92 Å². The number of nitrogens with one attached hydrogen (secondary N) is 1. The van der Waals surface area contributed by atoms with Crippen molar-refractivity contribution in [2.45, 2.75) is 43.9 Å². The van der Waals surface area contributed by atoms with E-state index < -0.39 is 32.5 Å². The van der Waals surface area contributed by atoms with E-state index in [1.807, 2.05) is 6.92 Å². The lowest BCUT2D eigenvalue weighted by atomic mass is 10.2. The number of aromatic nitrogens is 6. The molecule has 0 saturated heterocycles. The van der Waals surface area contributed by atoms with E-state index in [-0.39, 0.29) is 40.2 Å². The van der Waals surface area contributed by atoms with Crippen molar-refractivity contribution in [3.63, 3.8) is 0 Å². The summed E-state index contributed by atoms with van der Waals surface area (Å²) in [4.78, 5) is 21.4. The molecule has 10 nitrogen and oxygen atoms in total. The zero-order valence-electron chi connectivity index (χ0n) is 18.6. The fourth-order valence-corrected chi connectivity index (χ4v) is 4.77. The smallest absolute Gasteiger partial charge is 0.348 e. The first-order valence-electron chi connectivity index (χ1n) is 10.8. The summed E-state index contributed by atoms with van der Waals surface area (Å²) in [6.45, 7) is 3.32. The van der Waals surface area contributed by atoms with Gasteiger partial charge in [-0.15, -0.1) is 5.10 Å². The van der Waals surface area contributed by atoms with Gasteiger partial charge >= 0.3 is 6.18 Å². The minimum atomic E-state index is -4.59. The van der Waals surface area contributed by atoms with Crippen molar-refractivity contribution in [2.24, 2.45) is 5.92 Å². The second-order valence-electron chi connectivity index (χ2n) is 8.40. The lowest BCUT2D eigenvalue weighted by Gasteiger charge is -2.13. The third-order valence-electron chi connectivity index (χ3n) is 5.96. The van der Waals surface area contributed by atoms with Gasteiger partial charge in [0.1, 0.15) is 11.3 Å². The number of pyridine rings is 1. The Morgan fingerprint density at radius 2 is 1.97 bits per heavy atom. The maximum Gasteiger partial charge on any atom is 0.417 e. The number of hydrogen-bond donors (Lipinski definition) is 1. The Morgan fingerprint density at radius 3 is 2.63 bits per heavy atom. The van der Waals surface area contributed by atoms with Crippen LogP contribution in [-0.2, 0) is 16.0 Å². The number of sulfone groups is 1. The van der Waals surface area contributed by atoms with Gasteiger partial charge in [-0.3, -0.25) is 4.79 Å². The average molecular weight is 507 g/mol. The van der Waals surface area contributed by atoms with Crippen LogP contribution >= 0.6 is 0 Å². The van der Waals surface area contributed by atoms with Gasteiger partial charge in [0.05, 0.1) is 11.3 Å². The van der Waals surface area contributed by atoms with Crippen molar-refractivity contribution in [3.8, 4) is 11.4 Å². The summed E-state index contributed by atoms with van der Waals surface area (Å²) in [6.07, 6.45) is -0.460. The van der Waals surface area contributed by atoms with E-state index in [2.05, 4.69) is 25.5 Å². The molecule has 0 aliphatic heterocycles. The molecule has 1 atom stereocenters. The van der Waals surface area contributed by atoms with Gasteiger partial charge in [0.15, 0.2) is 32.0 Å². The zero-order chi connectivity index (χ0) is 25.1. The van der Waals surface area contributed by atoms with E-state index in [0.717, 1.165) is 40.2 Å². The highest BCUT2D eigenvalue weighted by Crippen LogP contribution is 2.33. The predicted molar refractivity (Wildman–Crippen MR) is 117 cm³/mol. The summed E-state index contributed by atoms with van der Waals surface area (Å²) < 4.78 is 67.2. The van der Waals surface area contributed by atoms with Gasteiger partial charge in [0.2, 0.25) is 0 Å². The van der Waals surface area contributed by atoms with Crippen LogP contribution in [0.4, 0.5) is 13.2 Å². The largest absolute Gasteiger partial charge is 0.417 e. The van der Waals surface area contributed by atoms with Crippen LogP contribution in [0.5, 0.6) is 0 Å². The molecule has 1 aliphatic rings. The van der Waals surface area contributed by atoms with Gasteiger partial charge in [-0.25, -0.2) is 27.4 Å². The summed E-state index contributed by atoms with van der Waals surface area (Å²) in [5.74, 6) is -0.550. The van der Waals surface area contributed by atoms with E-state index in [4.69, 9.17) is 0 Å². The van der Waals surface area contributed by atoms with Gasteiger partial charge < -0.3 is 5.32 Å². The first-order valence-corrected chi connectivity index (χ1v) is 12.5. The maximum absolute atomic E-state index is 13.1. The molecule has 1 aliphatic carbocycles. The molecule has 4 heterocycles. The van der Waals surface area contributed by atoms with Crippen molar-refractivity contribution in [3.05, 3.63) is 41.9 Å². The van der Waals surface area contributed by atoms with Crippen LogP contribution < -0.4 is 5.32 Å². The molecule has 1 saturated carbocycles. The fraction of sp³-hybridized carbons (Fsp3) is 0.381. The minimum Gasteiger partial charge on any atom is -0.348 e. The molecule has 1 unspecified atom stereocenters. The van der Waals surface area contributed by atoms with E-state index >= 15 is 0 Å². The SMILES string of the molecule is CCS(=O)(=O)c1nn2c(C(=O)NC(C)C3CC3)ccnc2c1-c1nc2ccc(C(F)(F)F)cn2n1. The molecule has 14 heteroatoms. The van der Waals surface area contributed by atoms with E-state index in [9.17, 15) is 26.4 Å². The molecule has 35 heavy (non-hydrogen) atoms. The first-order chi connectivity index (χ1) is 16.5. The maximum atomic E-state index is 13.1. The van der Waals surface area contributed by atoms with Crippen molar-refractivity contribution >= 4 is 27.0 Å². The third-order valence-corrected chi connectivity index (χ3v) is 7.60. The standard InChI is InChI=1S/C21H20F3N7O3S/c1-3-35(33,34)20-16(17-27-15-7-6-13(21(22,23)24)10-30(15)28-17)18-25-9-8-14(31(18)29-20)19(32)26-11(2)12-4-5-12/h6-12H,3-5H2,1-2H3,(H,26,32). The third kappa shape index (κ3) is 4.11. The number of hydrogen-bond acceptors (Lipinski definition) is 7. The Balaban J connectivity index is 1.69. The molecule has 184 valence electrons. The number of halogens is 3. The molecule has 0 bridgehead atoms. The lowest BCUT2D eigenvalue weighted by molar-refractivity contribution is -0.137. The Labute approximate surface area is 197 Å². The summed E-state index contributed by atoms with van der Waals surface area (Å²) in [5, 5.41) is 10.8. The molecular formula is C21H20F3N7O3S. The minimum absolute atomic E-state index is 0.00398. The molecule has 0 radical (unpaired) electrons. The average Bonchev–Trinajstić information content (AvgIpc) is 3.45. The van der Waals surface area contributed by atoms with Crippen LogP contribution in [0, 0.1) is 5.92 Å². The molecule has 5 rings (SSSR count). The van der Waals surface area contributed by atoms with Crippen LogP contribution in [-0.4, -0.2) is 55.3 Å². The second kappa shape index (κ2) is 8.00. The molecule has 4 aromatic rings. The van der Waals surface area contributed by atoms with Crippen LogP contribution in [0.25, 0.3) is 22.7 Å². The number of rotatable bonds is 6. The molecule has 1 fully saturated rings. The Bertz CT molecular complexity index is 1570. The molecule has 0 aromatic carbocycles. The van der Waals surface area contributed by atoms with Crippen LogP contribution in [0.15, 0.2) is 35.6 Å². The summed E-state index contributed by atoms with van der Waals surface area (Å²) >= 11 is 0. The summed E-state index contributed by atoms with van der Waals surface area (Å²) in [7, 11) is -3.95. The van der Waals surface area contributed by atoms with Gasteiger partial charge in [-0.2, -0.15) is 18.3 Å². The van der Waals surface area contributed by atoms with Gasteiger partial charge in [-0.1, -0.05) is 6.92 Å².